The number of carboxylic acid groups (broad SMARTS) is 1. The minimum absolute atomic E-state index is 0.115. The Labute approximate surface area is 170 Å². The lowest BCUT2D eigenvalue weighted by Crippen LogP contribution is -2.54. The van der Waals surface area contributed by atoms with Crippen molar-refractivity contribution in [3.8, 4) is 12.3 Å². The number of fused-ring (bicyclic) bond motifs is 5. The molecule has 3 heteroatoms. The van der Waals surface area contributed by atoms with Crippen LogP contribution in [-0.4, -0.2) is 21.8 Å². The van der Waals surface area contributed by atoms with E-state index in [9.17, 15) is 9.90 Å². The van der Waals surface area contributed by atoms with Gasteiger partial charge in [0.2, 0.25) is 0 Å². The number of carboxylic acids is 1. The molecule has 0 aliphatic heterocycles. The van der Waals surface area contributed by atoms with E-state index < -0.39 is 11.6 Å². The summed E-state index contributed by atoms with van der Waals surface area (Å²) in [6, 6.07) is 0. The van der Waals surface area contributed by atoms with Gasteiger partial charge < -0.3 is 10.2 Å². The molecule has 3 nitrogen and oxygen atoms in total. The Morgan fingerprint density at radius 2 is 2.07 bits per heavy atom. The van der Waals surface area contributed by atoms with Crippen LogP contribution in [0.3, 0.4) is 0 Å². The quantitative estimate of drug-likeness (QED) is 0.498. The summed E-state index contributed by atoms with van der Waals surface area (Å²) >= 11 is 0. The van der Waals surface area contributed by atoms with E-state index in [2.05, 4.69) is 25.5 Å². The maximum absolute atomic E-state index is 11.2. The summed E-state index contributed by atoms with van der Waals surface area (Å²) in [4.78, 5) is 9.37. The van der Waals surface area contributed by atoms with Crippen LogP contribution in [0.5, 0.6) is 0 Å². The van der Waals surface area contributed by atoms with Gasteiger partial charge in [0.05, 0.1) is 0 Å². The second kappa shape index (κ2) is 8.07. The van der Waals surface area contributed by atoms with Gasteiger partial charge in [-0.2, -0.15) is 0 Å². The molecule has 0 aromatic heterocycles. The number of aliphatic hydroxyl groups is 1. The van der Waals surface area contributed by atoms with Crippen LogP contribution >= 0.6 is 0 Å². The van der Waals surface area contributed by atoms with E-state index in [0.717, 1.165) is 31.6 Å². The Balaban J connectivity index is 0.000000403. The molecule has 3 saturated carbocycles. The lowest BCUT2D eigenvalue weighted by Gasteiger charge is -2.56. The van der Waals surface area contributed by atoms with Gasteiger partial charge in [0, 0.05) is 11.8 Å². The van der Waals surface area contributed by atoms with E-state index >= 15 is 0 Å². The fourth-order valence-electron chi connectivity index (χ4n) is 7.03. The number of carbonyl (C=O) groups is 1. The molecule has 0 saturated heterocycles. The van der Waals surface area contributed by atoms with Gasteiger partial charge in [-0.3, -0.25) is 4.79 Å². The van der Waals surface area contributed by atoms with Gasteiger partial charge in [-0.15, -0.1) is 6.42 Å². The molecule has 0 unspecified atom stereocenters. The molecule has 154 valence electrons. The fraction of sp³-hybridized carbons (Fsp3) is 0.720. The summed E-state index contributed by atoms with van der Waals surface area (Å²) in [6.07, 6.45) is 18.9. The van der Waals surface area contributed by atoms with Gasteiger partial charge >= 0.3 is 5.97 Å². The summed E-state index contributed by atoms with van der Waals surface area (Å²) in [6.45, 7) is 8.36. The van der Waals surface area contributed by atoms with E-state index in [1.165, 1.54) is 37.7 Å². The number of terminal acetylenes is 1. The molecule has 0 aromatic carbocycles. The van der Waals surface area contributed by atoms with E-state index in [4.69, 9.17) is 11.5 Å². The van der Waals surface area contributed by atoms with Crippen LogP contribution in [0.2, 0.25) is 0 Å². The lowest BCUT2D eigenvalue weighted by molar-refractivity contribution is -0.136. The van der Waals surface area contributed by atoms with Crippen LogP contribution in [0, 0.1) is 41.4 Å². The van der Waals surface area contributed by atoms with Crippen LogP contribution in [0.25, 0.3) is 0 Å². The first-order valence-corrected chi connectivity index (χ1v) is 11.1. The number of aliphatic carboxylic acids is 1. The third-order valence-corrected chi connectivity index (χ3v) is 8.32. The normalized spacial score (nSPS) is 41.4. The Hall–Kier alpha value is -1.53. The van der Waals surface area contributed by atoms with Crippen molar-refractivity contribution in [3.05, 3.63) is 23.8 Å². The van der Waals surface area contributed by atoms with E-state index in [1.54, 1.807) is 12.5 Å². The molecule has 0 bridgehead atoms. The summed E-state index contributed by atoms with van der Waals surface area (Å²) in [5.74, 6) is 4.74. The van der Waals surface area contributed by atoms with Gasteiger partial charge in [0.25, 0.3) is 0 Å². The molecule has 2 N–H and O–H groups in total. The van der Waals surface area contributed by atoms with Crippen molar-refractivity contribution in [2.45, 2.75) is 83.7 Å². The van der Waals surface area contributed by atoms with Gasteiger partial charge in [0.1, 0.15) is 5.60 Å². The third kappa shape index (κ3) is 3.24. The number of rotatable bonds is 2. The van der Waals surface area contributed by atoms with Crippen molar-refractivity contribution >= 4 is 5.97 Å². The van der Waals surface area contributed by atoms with Gasteiger partial charge in [-0.25, -0.2) is 0 Å². The zero-order chi connectivity index (χ0) is 20.5. The highest BCUT2D eigenvalue weighted by molar-refractivity contribution is 5.66. The van der Waals surface area contributed by atoms with Crippen molar-refractivity contribution < 1.29 is 15.0 Å². The molecular weight excluding hydrogens is 348 g/mol. The van der Waals surface area contributed by atoms with Gasteiger partial charge in [-0.05, 0) is 81.5 Å². The molecule has 0 heterocycles. The molecule has 4 aliphatic carbocycles. The lowest BCUT2D eigenvalue weighted by atomic mass is 9.48. The predicted molar refractivity (Wildman–Crippen MR) is 113 cm³/mol. The summed E-state index contributed by atoms with van der Waals surface area (Å²) < 4.78 is 0. The smallest absolute Gasteiger partial charge is 0.303 e. The maximum Gasteiger partial charge on any atom is 0.303 e. The molecule has 3 fully saturated rings. The number of allylic oxidation sites excluding steroid dienone is 3. The number of hydrogen-bond acceptors (Lipinski definition) is 2. The zero-order valence-electron chi connectivity index (χ0n) is 17.5. The molecule has 28 heavy (non-hydrogen) atoms. The van der Waals surface area contributed by atoms with Crippen LogP contribution in [0.1, 0.15) is 78.1 Å². The summed E-state index contributed by atoms with van der Waals surface area (Å²) in [7, 11) is 0. The molecular formula is C25H36O3. The van der Waals surface area contributed by atoms with Crippen molar-refractivity contribution in [3.63, 3.8) is 0 Å². The maximum atomic E-state index is 11.2. The van der Waals surface area contributed by atoms with Crippen molar-refractivity contribution in [1.29, 1.82) is 0 Å². The Morgan fingerprint density at radius 3 is 2.68 bits per heavy atom. The molecule has 6 atom stereocenters. The Morgan fingerprint density at radius 1 is 1.36 bits per heavy atom. The first-order chi connectivity index (χ1) is 13.3. The van der Waals surface area contributed by atoms with Crippen LogP contribution in [0.15, 0.2) is 23.8 Å². The van der Waals surface area contributed by atoms with Crippen LogP contribution < -0.4 is 0 Å². The van der Waals surface area contributed by atoms with Crippen molar-refractivity contribution in [1.82, 2.24) is 0 Å². The standard InChI is InChI=1S/C22H30O.C3H6O2/c1-4-21-14-15(3)20-17-9-7-6-8-16(17)10-11-18(20)19(21)12-13-22(21,23)5-2;1-2-3(4)5/h2,8,17-20,23H,3-4,6-7,9-14H2,1H3;2H2,1H3,(H,4,5)/t17-,18-,19-,20+,21-,22-;/m0./s1. The topological polar surface area (TPSA) is 57.5 Å². The highest BCUT2D eigenvalue weighted by Gasteiger charge is 2.64. The first kappa shape index (κ1) is 21.2. The summed E-state index contributed by atoms with van der Waals surface area (Å²) in [5.41, 5.74) is 2.08. The molecule has 0 aromatic rings. The van der Waals surface area contributed by atoms with E-state index in [0.29, 0.717) is 17.8 Å². The first-order valence-electron chi connectivity index (χ1n) is 11.1. The van der Waals surface area contributed by atoms with Gasteiger partial charge in [-0.1, -0.05) is 43.6 Å². The van der Waals surface area contributed by atoms with Gasteiger partial charge in [0.15, 0.2) is 0 Å². The largest absolute Gasteiger partial charge is 0.481 e. The van der Waals surface area contributed by atoms with E-state index in [-0.39, 0.29) is 11.8 Å². The average Bonchev–Trinajstić information content (AvgIpc) is 3.01. The molecule has 0 amide bonds. The highest BCUT2D eigenvalue weighted by atomic mass is 16.4. The minimum atomic E-state index is -0.914. The van der Waals surface area contributed by atoms with E-state index in [1.807, 2.05) is 0 Å². The van der Waals surface area contributed by atoms with Crippen molar-refractivity contribution in [2.75, 3.05) is 0 Å². The molecule has 4 aliphatic rings. The SMILES string of the molecule is C#C[C@]1(O)CC[C@H]2[C@@H]3CCC4=CCCC[C@@H]4[C@H]3C(=C)C[C@@]21CC.CCC(=O)O. The Bertz CT molecular complexity index is 699. The number of hydrogen-bond donors (Lipinski definition) is 2. The molecule has 4 rings (SSSR count). The monoisotopic (exact) mass is 384 g/mol. The fourth-order valence-corrected chi connectivity index (χ4v) is 7.03. The Kier molecular flexibility index (Phi) is 6.11. The second-order valence-corrected chi connectivity index (χ2v) is 9.29. The predicted octanol–water partition coefficient (Wildman–Crippen LogP) is 5.35. The second-order valence-electron chi connectivity index (χ2n) is 9.29. The highest BCUT2D eigenvalue weighted by Crippen LogP contribution is 2.67. The van der Waals surface area contributed by atoms with Crippen LogP contribution in [0.4, 0.5) is 0 Å². The molecule has 0 radical (unpaired) electrons. The average molecular weight is 385 g/mol. The third-order valence-electron chi connectivity index (χ3n) is 8.32. The zero-order valence-corrected chi connectivity index (χ0v) is 17.5. The van der Waals surface area contributed by atoms with Crippen molar-refractivity contribution in [2.24, 2.45) is 29.1 Å². The molecule has 0 spiro atoms. The van der Waals surface area contributed by atoms with Crippen LogP contribution in [-0.2, 0) is 4.79 Å². The minimum Gasteiger partial charge on any atom is -0.481 e. The summed E-state index contributed by atoms with van der Waals surface area (Å²) in [5, 5.41) is 18.9.